The van der Waals surface area contributed by atoms with Crippen LogP contribution in [0.15, 0.2) is 66.0 Å². The van der Waals surface area contributed by atoms with Crippen LogP contribution in [0.3, 0.4) is 0 Å². The minimum Gasteiger partial charge on any atom is -0.493 e. The van der Waals surface area contributed by atoms with Crippen LogP contribution in [-0.4, -0.2) is 18.9 Å². The standard InChI is InChI=1S/C26H23ClN2O4/c1-14-20(13-28)25(17-6-9-23(33-15(2)30)24(12-17)32-3)26-21(29-14)10-18(11-22(26)31)16-4-7-19(27)8-5-16/h4-9,12,18,20,25,29H,1,10-11H2,2-3H3. The molecule has 1 aliphatic carbocycles. The van der Waals surface area contributed by atoms with Crippen LogP contribution in [-0.2, 0) is 9.59 Å². The van der Waals surface area contributed by atoms with E-state index in [1.807, 2.05) is 24.3 Å². The van der Waals surface area contributed by atoms with Gasteiger partial charge in [0.1, 0.15) is 0 Å². The summed E-state index contributed by atoms with van der Waals surface area (Å²) in [5.74, 6) is -0.970. The molecule has 0 bridgehead atoms. The molecule has 2 aromatic rings. The topological polar surface area (TPSA) is 88.4 Å². The Hall–Kier alpha value is -3.56. The molecule has 3 unspecified atom stereocenters. The average Bonchev–Trinajstić information content (AvgIpc) is 2.78. The van der Waals surface area contributed by atoms with E-state index < -0.39 is 17.8 Å². The van der Waals surface area contributed by atoms with Crippen molar-refractivity contribution in [3.8, 4) is 17.6 Å². The number of methoxy groups -OCH3 is 1. The van der Waals surface area contributed by atoms with Gasteiger partial charge in [-0.1, -0.05) is 36.4 Å². The van der Waals surface area contributed by atoms with Gasteiger partial charge in [-0.3, -0.25) is 9.59 Å². The van der Waals surface area contributed by atoms with Gasteiger partial charge in [0.25, 0.3) is 0 Å². The normalized spacial score (nSPS) is 22.2. The first kappa shape index (κ1) is 22.6. The molecule has 2 aliphatic rings. The minimum atomic E-state index is -0.635. The molecule has 3 atom stereocenters. The molecule has 1 aliphatic heterocycles. The predicted molar refractivity (Wildman–Crippen MR) is 124 cm³/mol. The van der Waals surface area contributed by atoms with Gasteiger partial charge in [-0.15, -0.1) is 0 Å². The summed E-state index contributed by atoms with van der Waals surface area (Å²) in [7, 11) is 1.47. The Balaban J connectivity index is 1.77. The van der Waals surface area contributed by atoms with Crippen LogP contribution in [0, 0.1) is 17.2 Å². The smallest absolute Gasteiger partial charge is 0.308 e. The minimum absolute atomic E-state index is 0.00832. The first-order valence-corrected chi connectivity index (χ1v) is 10.9. The predicted octanol–water partition coefficient (Wildman–Crippen LogP) is 5.01. The fourth-order valence-electron chi connectivity index (χ4n) is 4.65. The number of ether oxygens (including phenoxy) is 2. The number of rotatable bonds is 4. The second kappa shape index (κ2) is 9.13. The number of carbonyl (C=O) groups is 2. The summed E-state index contributed by atoms with van der Waals surface area (Å²) in [6.07, 6.45) is 0.963. The molecule has 1 heterocycles. The highest BCUT2D eigenvalue weighted by molar-refractivity contribution is 6.30. The summed E-state index contributed by atoms with van der Waals surface area (Å²) >= 11 is 6.02. The van der Waals surface area contributed by atoms with Gasteiger partial charge in [0.15, 0.2) is 17.3 Å². The summed E-state index contributed by atoms with van der Waals surface area (Å²) in [6.45, 7) is 5.38. The number of esters is 1. The van der Waals surface area contributed by atoms with Crippen molar-refractivity contribution in [2.45, 2.75) is 31.6 Å². The summed E-state index contributed by atoms with van der Waals surface area (Å²) in [6, 6.07) is 14.9. The quantitative estimate of drug-likeness (QED) is 0.507. The second-order valence-electron chi connectivity index (χ2n) is 8.21. The van der Waals surface area contributed by atoms with Crippen LogP contribution in [0.25, 0.3) is 0 Å². The summed E-state index contributed by atoms with van der Waals surface area (Å²) < 4.78 is 10.6. The van der Waals surface area contributed by atoms with E-state index in [-0.39, 0.29) is 17.5 Å². The van der Waals surface area contributed by atoms with E-state index in [0.29, 0.717) is 34.9 Å². The van der Waals surface area contributed by atoms with Gasteiger partial charge in [0.2, 0.25) is 0 Å². The highest BCUT2D eigenvalue weighted by Gasteiger charge is 2.42. The van der Waals surface area contributed by atoms with E-state index in [1.165, 1.54) is 14.0 Å². The Bertz CT molecular complexity index is 1210. The monoisotopic (exact) mass is 462 g/mol. The molecule has 0 saturated heterocycles. The molecule has 0 saturated carbocycles. The zero-order valence-electron chi connectivity index (χ0n) is 18.4. The highest BCUT2D eigenvalue weighted by Crippen LogP contribution is 2.47. The largest absolute Gasteiger partial charge is 0.493 e. The van der Waals surface area contributed by atoms with Crippen molar-refractivity contribution in [2.75, 3.05) is 7.11 Å². The molecule has 1 N–H and O–H groups in total. The van der Waals surface area contributed by atoms with E-state index in [0.717, 1.165) is 16.8 Å². The van der Waals surface area contributed by atoms with Crippen molar-refractivity contribution in [1.29, 1.82) is 5.26 Å². The van der Waals surface area contributed by atoms with E-state index in [1.54, 1.807) is 18.2 Å². The lowest BCUT2D eigenvalue weighted by Crippen LogP contribution is -2.38. The van der Waals surface area contributed by atoms with Crippen molar-refractivity contribution in [3.63, 3.8) is 0 Å². The third kappa shape index (κ3) is 4.37. The summed E-state index contributed by atoms with van der Waals surface area (Å²) in [5, 5.41) is 13.8. The molecule has 2 aromatic carbocycles. The Morgan fingerprint density at radius 1 is 1.15 bits per heavy atom. The molecule has 0 amide bonds. The zero-order chi connectivity index (χ0) is 23.7. The molecule has 0 fully saturated rings. The SMILES string of the molecule is C=C1NC2=C(C(=O)CC(c3ccc(Cl)cc3)C2)C(c2ccc(OC(C)=O)c(OC)c2)C1C#N. The number of halogens is 1. The van der Waals surface area contributed by atoms with E-state index in [2.05, 4.69) is 18.0 Å². The van der Waals surface area contributed by atoms with E-state index >= 15 is 0 Å². The Morgan fingerprint density at radius 3 is 2.48 bits per heavy atom. The number of Topliss-reactive ketones (excluding diaryl/α,β-unsaturated/α-hetero) is 1. The summed E-state index contributed by atoms with van der Waals surface area (Å²) in [4.78, 5) is 24.8. The van der Waals surface area contributed by atoms with Gasteiger partial charge in [-0.2, -0.15) is 5.26 Å². The number of carbonyl (C=O) groups excluding carboxylic acids is 2. The Morgan fingerprint density at radius 2 is 1.85 bits per heavy atom. The van der Waals surface area contributed by atoms with Crippen molar-refractivity contribution in [3.05, 3.63) is 82.2 Å². The highest BCUT2D eigenvalue weighted by atomic mass is 35.5. The molecule has 0 radical (unpaired) electrons. The molecule has 4 rings (SSSR count). The molecule has 168 valence electrons. The van der Waals surface area contributed by atoms with Crippen LogP contribution >= 0.6 is 11.6 Å². The van der Waals surface area contributed by atoms with Crippen molar-refractivity contribution >= 4 is 23.4 Å². The van der Waals surface area contributed by atoms with E-state index in [9.17, 15) is 14.9 Å². The number of hydrogen-bond donors (Lipinski definition) is 1. The fourth-order valence-corrected chi connectivity index (χ4v) is 4.77. The fraction of sp³-hybridized carbons (Fsp3) is 0.269. The van der Waals surface area contributed by atoms with E-state index in [4.69, 9.17) is 21.1 Å². The molecule has 7 heteroatoms. The zero-order valence-corrected chi connectivity index (χ0v) is 19.1. The van der Waals surface area contributed by atoms with Gasteiger partial charge in [0.05, 0.1) is 19.1 Å². The van der Waals surface area contributed by atoms with Crippen LogP contribution in [0.2, 0.25) is 5.02 Å². The molecule has 6 nitrogen and oxygen atoms in total. The van der Waals surface area contributed by atoms with Gasteiger partial charge < -0.3 is 14.8 Å². The average molecular weight is 463 g/mol. The lowest BCUT2D eigenvalue weighted by molar-refractivity contribution is -0.132. The van der Waals surface area contributed by atoms with Crippen LogP contribution < -0.4 is 14.8 Å². The third-order valence-corrected chi connectivity index (χ3v) is 6.37. The Kier molecular flexibility index (Phi) is 6.26. The third-order valence-electron chi connectivity index (χ3n) is 6.12. The number of ketones is 1. The van der Waals surface area contributed by atoms with Crippen LogP contribution in [0.5, 0.6) is 11.5 Å². The first-order chi connectivity index (χ1) is 15.8. The van der Waals surface area contributed by atoms with Crippen molar-refractivity contribution in [1.82, 2.24) is 5.32 Å². The van der Waals surface area contributed by atoms with Gasteiger partial charge >= 0.3 is 5.97 Å². The summed E-state index contributed by atoms with van der Waals surface area (Å²) in [5.41, 5.74) is 3.70. The number of allylic oxidation sites excluding steroid dienone is 3. The van der Waals surface area contributed by atoms with Crippen LogP contribution in [0.4, 0.5) is 0 Å². The van der Waals surface area contributed by atoms with Gasteiger partial charge in [-0.05, 0) is 47.7 Å². The molecule has 0 aromatic heterocycles. The Labute approximate surface area is 197 Å². The van der Waals surface area contributed by atoms with Crippen molar-refractivity contribution in [2.24, 2.45) is 5.92 Å². The first-order valence-electron chi connectivity index (χ1n) is 10.6. The molecule has 0 spiro atoms. The van der Waals surface area contributed by atoms with Crippen molar-refractivity contribution < 1.29 is 19.1 Å². The molecular formula is C26H23ClN2O4. The van der Waals surface area contributed by atoms with Gasteiger partial charge in [0, 0.05) is 41.3 Å². The number of hydrogen-bond acceptors (Lipinski definition) is 6. The number of nitrogens with zero attached hydrogens (tertiary/aromatic N) is 1. The lowest BCUT2D eigenvalue weighted by Gasteiger charge is -2.38. The molecule has 33 heavy (non-hydrogen) atoms. The lowest BCUT2D eigenvalue weighted by atomic mass is 9.69. The van der Waals surface area contributed by atoms with Crippen LogP contribution in [0.1, 0.15) is 42.7 Å². The maximum Gasteiger partial charge on any atom is 0.308 e. The number of benzene rings is 2. The van der Waals surface area contributed by atoms with Gasteiger partial charge in [-0.25, -0.2) is 0 Å². The molecular weight excluding hydrogens is 440 g/mol. The number of nitriles is 1. The second-order valence-corrected chi connectivity index (χ2v) is 8.65. The number of nitrogens with one attached hydrogen (secondary N) is 1. The maximum atomic E-state index is 13.4. The maximum absolute atomic E-state index is 13.4.